The summed E-state index contributed by atoms with van der Waals surface area (Å²) in [5.41, 5.74) is 0.836. The highest BCUT2D eigenvalue weighted by Gasteiger charge is 2.13. The molecule has 0 saturated carbocycles. The minimum Gasteiger partial charge on any atom is -0.481 e. The van der Waals surface area contributed by atoms with Crippen LogP contribution in [0.2, 0.25) is 5.02 Å². The van der Waals surface area contributed by atoms with E-state index in [1.165, 1.54) is 0 Å². The van der Waals surface area contributed by atoms with E-state index in [1.807, 2.05) is 25.1 Å². The van der Waals surface area contributed by atoms with Gasteiger partial charge < -0.3 is 15.7 Å². The Bertz CT molecular complexity index is 479. The van der Waals surface area contributed by atoms with Crippen molar-refractivity contribution in [3.05, 3.63) is 34.9 Å². The van der Waals surface area contributed by atoms with Crippen molar-refractivity contribution in [2.45, 2.75) is 26.3 Å². The van der Waals surface area contributed by atoms with Gasteiger partial charge in [0.15, 0.2) is 0 Å². The highest BCUT2D eigenvalue weighted by Crippen LogP contribution is 2.21. The quantitative estimate of drug-likeness (QED) is 0.755. The van der Waals surface area contributed by atoms with Gasteiger partial charge in [0.25, 0.3) is 0 Å². The highest BCUT2D eigenvalue weighted by atomic mass is 35.5. The van der Waals surface area contributed by atoms with Gasteiger partial charge in [-0.3, -0.25) is 4.79 Å². The Morgan fingerprint density at radius 2 is 1.95 bits per heavy atom. The number of carboxylic acids is 1. The van der Waals surface area contributed by atoms with E-state index >= 15 is 0 Å². The zero-order chi connectivity index (χ0) is 15.1. The van der Waals surface area contributed by atoms with Gasteiger partial charge in [0, 0.05) is 11.6 Å². The maximum Gasteiger partial charge on any atom is 0.315 e. The summed E-state index contributed by atoms with van der Waals surface area (Å²) >= 11 is 6.05. The molecule has 110 valence electrons. The first-order valence-electron chi connectivity index (χ1n) is 6.43. The number of nitrogens with one attached hydrogen (secondary N) is 2. The Labute approximate surface area is 123 Å². The lowest BCUT2D eigenvalue weighted by atomic mass is 10.1. The number of carboxylic acid groups (broad SMARTS) is 1. The molecular weight excluding hydrogens is 280 g/mol. The van der Waals surface area contributed by atoms with Crippen LogP contribution in [-0.2, 0) is 4.79 Å². The van der Waals surface area contributed by atoms with Gasteiger partial charge in [0.05, 0.1) is 12.0 Å². The highest BCUT2D eigenvalue weighted by molar-refractivity contribution is 6.31. The number of aliphatic carboxylic acids is 1. The Morgan fingerprint density at radius 3 is 2.55 bits per heavy atom. The van der Waals surface area contributed by atoms with Gasteiger partial charge in [-0.25, -0.2) is 4.79 Å². The van der Waals surface area contributed by atoms with Crippen LogP contribution in [0.4, 0.5) is 4.79 Å². The van der Waals surface area contributed by atoms with Crippen molar-refractivity contribution in [1.29, 1.82) is 0 Å². The van der Waals surface area contributed by atoms with Gasteiger partial charge in [0.2, 0.25) is 0 Å². The standard InChI is InChI=1S/C14H19ClN2O3/c1-9(13(18)19)7-8-16-14(20)17-10(2)11-5-3-4-6-12(11)15/h3-6,9-10H,7-8H2,1-2H3,(H,18,19)(H2,16,17,20). The summed E-state index contributed by atoms with van der Waals surface area (Å²) in [6.45, 7) is 3.75. The summed E-state index contributed by atoms with van der Waals surface area (Å²) in [5, 5.41) is 14.7. The molecule has 0 saturated heterocycles. The molecule has 0 aliphatic rings. The summed E-state index contributed by atoms with van der Waals surface area (Å²) in [6.07, 6.45) is 0.392. The Balaban J connectivity index is 2.39. The Hall–Kier alpha value is -1.75. The van der Waals surface area contributed by atoms with E-state index in [1.54, 1.807) is 13.0 Å². The number of benzene rings is 1. The molecule has 2 atom stereocenters. The third-order valence-corrected chi connectivity index (χ3v) is 3.35. The van der Waals surface area contributed by atoms with Crippen LogP contribution in [0, 0.1) is 5.92 Å². The van der Waals surface area contributed by atoms with E-state index in [0.717, 1.165) is 5.56 Å². The number of urea groups is 1. The molecular formula is C14H19ClN2O3. The first-order valence-corrected chi connectivity index (χ1v) is 6.81. The zero-order valence-electron chi connectivity index (χ0n) is 11.5. The smallest absolute Gasteiger partial charge is 0.315 e. The normalized spacial score (nSPS) is 13.3. The van der Waals surface area contributed by atoms with Crippen LogP contribution in [0.5, 0.6) is 0 Å². The Kier molecular flexibility index (Phi) is 6.31. The molecule has 6 heteroatoms. The molecule has 1 rings (SSSR count). The molecule has 0 bridgehead atoms. The maximum atomic E-state index is 11.7. The monoisotopic (exact) mass is 298 g/mol. The summed E-state index contributed by atoms with van der Waals surface area (Å²) in [5.74, 6) is -1.34. The summed E-state index contributed by atoms with van der Waals surface area (Å²) in [4.78, 5) is 22.3. The molecule has 20 heavy (non-hydrogen) atoms. The van der Waals surface area contributed by atoms with Crippen LogP contribution < -0.4 is 10.6 Å². The third-order valence-electron chi connectivity index (χ3n) is 3.00. The molecule has 2 amide bonds. The van der Waals surface area contributed by atoms with Gasteiger partial charge in [-0.05, 0) is 25.0 Å². The maximum absolute atomic E-state index is 11.7. The first-order chi connectivity index (χ1) is 9.41. The van der Waals surface area contributed by atoms with Crippen molar-refractivity contribution in [3.8, 4) is 0 Å². The predicted molar refractivity (Wildman–Crippen MR) is 77.8 cm³/mol. The van der Waals surface area contributed by atoms with Gasteiger partial charge in [-0.1, -0.05) is 36.7 Å². The lowest BCUT2D eigenvalue weighted by molar-refractivity contribution is -0.141. The molecule has 0 aliphatic carbocycles. The summed E-state index contributed by atoms with van der Waals surface area (Å²) in [7, 11) is 0. The molecule has 0 spiro atoms. The van der Waals surface area contributed by atoms with Gasteiger partial charge in [-0.2, -0.15) is 0 Å². The number of amides is 2. The fourth-order valence-corrected chi connectivity index (χ4v) is 1.98. The molecule has 5 nitrogen and oxygen atoms in total. The Morgan fingerprint density at radius 1 is 1.30 bits per heavy atom. The van der Waals surface area contributed by atoms with E-state index in [0.29, 0.717) is 18.0 Å². The fraction of sp³-hybridized carbons (Fsp3) is 0.429. The average molecular weight is 299 g/mol. The number of carbonyl (C=O) groups excluding carboxylic acids is 1. The van der Waals surface area contributed by atoms with Crippen LogP contribution in [0.25, 0.3) is 0 Å². The minimum atomic E-state index is -0.864. The largest absolute Gasteiger partial charge is 0.481 e. The van der Waals surface area contributed by atoms with Crippen LogP contribution in [-0.4, -0.2) is 23.7 Å². The van der Waals surface area contributed by atoms with E-state index in [2.05, 4.69) is 10.6 Å². The lowest BCUT2D eigenvalue weighted by Gasteiger charge is -2.16. The van der Waals surface area contributed by atoms with Crippen molar-refractivity contribution < 1.29 is 14.7 Å². The van der Waals surface area contributed by atoms with Crippen LogP contribution in [0.1, 0.15) is 31.9 Å². The zero-order valence-corrected chi connectivity index (χ0v) is 12.3. The minimum absolute atomic E-state index is 0.222. The third kappa shape index (κ3) is 5.09. The van der Waals surface area contributed by atoms with Gasteiger partial charge in [-0.15, -0.1) is 0 Å². The topological polar surface area (TPSA) is 78.4 Å². The van der Waals surface area contributed by atoms with Gasteiger partial charge in [0.1, 0.15) is 0 Å². The fourth-order valence-electron chi connectivity index (χ4n) is 1.68. The molecule has 0 aromatic heterocycles. The number of carbonyl (C=O) groups is 2. The molecule has 0 heterocycles. The number of hydrogen-bond acceptors (Lipinski definition) is 2. The van der Waals surface area contributed by atoms with Crippen molar-refractivity contribution in [1.82, 2.24) is 10.6 Å². The van der Waals surface area contributed by atoms with E-state index < -0.39 is 11.9 Å². The number of rotatable bonds is 6. The van der Waals surface area contributed by atoms with Crippen LogP contribution in [0.15, 0.2) is 24.3 Å². The van der Waals surface area contributed by atoms with Gasteiger partial charge >= 0.3 is 12.0 Å². The van der Waals surface area contributed by atoms with Crippen molar-refractivity contribution in [2.75, 3.05) is 6.54 Å². The SMILES string of the molecule is CC(CCNC(=O)NC(C)c1ccccc1Cl)C(=O)O. The molecule has 3 N–H and O–H groups in total. The number of halogens is 1. The molecule has 1 aromatic rings. The van der Waals surface area contributed by atoms with Crippen LogP contribution in [0.3, 0.4) is 0 Å². The summed E-state index contributed by atoms with van der Waals surface area (Å²) < 4.78 is 0. The second-order valence-electron chi connectivity index (χ2n) is 4.67. The van der Waals surface area contributed by atoms with Crippen LogP contribution >= 0.6 is 11.6 Å². The van der Waals surface area contributed by atoms with Crippen molar-refractivity contribution in [3.63, 3.8) is 0 Å². The summed E-state index contributed by atoms with van der Waals surface area (Å²) in [6, 6.07) is 6.73. The molecule has 0 aliphatic heterocycles. The predicted octanol–water partition coefficient (Wildman–Crippen LogP) is 2.81. The second kappa shape index (κ2) is 7.75. The van der Waals surface area contributed by atoms with E-state index in [-0.39, 0.29) is 12.1 Å². The molecule has 2 unspecified atom stereocenters. The molecule has 1 aromatic carbocycles. The molecule has 0 radical (unpaired) electrons. The molecule has 0 fully saturated rings. The van der Waals surface area contributed by atoms with E-state index in [4.69, 9.17) is 16.7 Å². The van der Waals surface area contributed by atoms with E-state index in [9.17, 15) is 9.59 Å². The average Bonchev–Trinajstić information content (AvgIpc) is 2.38. The van der Waals surface area contributed by atoms with Crippen molar-refractivity contribution in [2.24, 2.45) is 5.92 Å². The second-order valence-corrected chi connectivity index (χ2v) is 5.08. The van der Waals surface area contributed by atoms with Crippen molar-refractivity contribution >= 4 is 23.6 Å². The lowest BCUT2D eigenvalue weighted by Crippen LogP contribution is -2.38. The number of hydrogen-bond donors (Lipinski definition) is 3. The first kappa shape index (κ1) is 16.3.